The molecule has 1 amide bonds. The van der Waals surface area contributed by atoms with Gasteiger partial charge in [-0.2, -0.15) is 9.40 Å². The average Bonchev–Trinajstić information content (AvgIpc) is 3.41. The van der Waals surface area contributed by atoms with E-state index in [4.69, 9.17) is 11.6 Å². The predicted molar refractivity (Wildman–Crippen MR) is 111 cm³/mol. The third kappa shape index (κ3) is 4.05. The molecule has 2 aromatic carbocycles. The van der Waals surface area contributed by atoms with Crippen molar-refractivity contribution in [2.24, 2.45) is 0 Å². The van der Waals surface area contributed by atoms with Crippen molar-refractivity contribution in [3.05, 3.63) is 71.5 Å². The minimum atomic E-state index is -3.64. The smallest absolute Gasteiger partial charge is 0.257 e. The molecule has 9 heteroatoms. The number of carbonyl (C=O) groups excluding carboxylic acids is 1. The lowest BCUT2D eigenvalue weighted by Gasteiger charge is -2.16. The maximum atomic E-state index is 12.8. The zero-order valence-electron chi connectivity index (χ0n) is 15.5. The van der Waals surface area contributed by atoms with Gasteiger partial charge in [0.25, 0.3) is 5.91 Å². The van der Waals surface area contributed by atoms with Crippen LogP contribution in [0.5, 0.6) is 0 Å². The van der Waals surface area contributed by atoms with Crippen LogP contribution in [0.15, 0.2) is 65.8 Å². The number of hydrogen-bond donors (Lipinski definition) is 1. The van der Waals surface area contributed by atoms with E-state index in [0.29, 0.717) is 18.8 Å². The molecule has 0 atom stereocenters. The largest absolute Gasteiger partial charge is 0.319 e. The SMILES string of the molecule is O=C(Nc1cnn(-c2ccccc2)c1)c1cc(S(=O)(=O)N2CCCC2)ccc1Cl. The summed E-state index contributed by atoms with van der Waals surface area (Å²) < 4.78 is 28.6. The molecule has 29 heavy (non-hydrogen) atoms. The van der Waals surface area contributed by atoms with Crippen LogP contribution < -0.4 is 5.32 Å². The Morgan fingerprint density at radius 1 is 1.07 bits per heavy atom. The summed E-state index contributed by atoms with van der Waals surface area (Å²) in [5, 5.41) is 7.13. The van der Waals surface area contributed by atoms with Crippen molar-refractivity contribution in [1.29, 1.82) is 0 Å². The van der Waals surface area contributed by atoms with Gasteiger partial charge in [0.2, 0.25) is 10.0 Å². The van der Waals surface area contributed by atoms with Gasteiger partial charge in [0.05, 0.1) is 39.3 Å². The number of nitrogens with one attached hydrogen (secondary N) is 1. The number of para-hydroxylation sites is 1. The lowest BCUT2D eigenvalue weighted by atomic mass is 10.2. The second-order valence-electron chi connectivity index (χ2n) is 6.72. The molecule has 0 unspecified atom stereocenters. The van der Waals surface area contributed by atoms with Crippen LogP contribution in [0.1, 0.15) is 23.2 Å². The summed E-state index contributed by atoms with van der Waals surface area (Å²) in [5.74, 6) is -0.499. The fraction of sp³-hybridized carbons (Fsp3) is 0.200. The predicted octanol–water partition coefficient (Wildman–Crippen LogP) is 3.56. The van der Waals surface area contributed by atoms with Crippen LogP contribution in [0.25, 0.3) is 5.69 Å². The molecule has 1 fully saturated rings. The van der Waals surface area contributed by atoms with Gasteiger partial charge in [-0.05, 0) is 43.2 Å². The molecule has 1 aromatic heterocycles. The third-order valence-electron chi connectivity index (χ3n) is 4.75. The fourth-order valence-corrected chi connectivity index (χ4v) is 4.97. The van der Waals surface area contributed by atoms with E-state index >= 15 is 0 Å². The quantitative estimate of drug-likeness (QED) is 0.670. The second kappa shape index (κ2) is 7.98. The number of benzene rings is 2. The van der Waals surface area contributed by atoms with Gasteiger partial charge in [-0.1, -0.05) is 29.8 Å². The lowest BCUT2D eigenvalue weighted by Crippen LogP contribution is -2.28. The number of anilines is 1. The number of rotatable bonds is 5. The van der Waals surface area contributed by atoms with Crippen molar-refractivity contribution < 1.29 is 13.2 Å². The first kappa shape index (κ1) is 19.6. The van der Waals surface area contributed by atoms with Crippen LogP contribution in [-0.2, 0) is 10.0 Å². The summed E-state index contributed by atoms with van der Waals surface area (Å²) in [6, 6.07) is 13.7. The Labute approximate surface area is 174 Å². The van der Waals surface area contributed by atoms with Crippen molar-refractivity contribution in [3.8, 4) is 5.69 Å². The normalized spacial score (nSPS) is 14.8. The molecule has 150 valence electrons. The number of sulfonamides is 1. The first-order valence-corrected chi connectivity index (χ1v) is 11.0. The van der Waals surface area contributed by atoms with Gasteiger partial charge in [-0.25, -0.2) is 13.1 Å². The van der Waals surface area contributed by atoms with Crippen molar-refractivity contribution in [3.63, 3.8) is 0 Å². The van der Waals surface area contributed by atoms with E-state index in [2.05, 4.69) is 10.4 Å². The summed E-state index contributed by atoms with van der Waals surface area (Å²) in [6.45, 7) is 0.982. The van der Waals surface area contributed by atoms with E-state index in [1.54, 1.807) is 10.9 Å². The van der Waals surface area contributed by atoms with Gasteiger partial charge in [0, 0.05) is 13.1 Å². The molecule has 1 aliphatic heterocycles. The molecule has 0 bridgehead atoms. The Bertz CT molecular complexity index is 1140. The summed E-state index contributed by atoms with van der Waals surface area (Å²) in [7, 11) is -3.64. The Hall–Kier alpha value is -2.68. The Morgan fingerprint density at radius 3 is 2.52 bits per heavy atom. The molecule has 7 nitrogen and oxygen atoms in total. The number of amides is 1. The van der Waals surface area contributed by atoms with E-state index in [0.717, 1.165) is 18.5 Å². The van der Waals surface area contributed by atoms with Crippen LogP contribution in [0, 0.1) is 0 Å². The molecule has 0 saturated carbocycles. The lowest BCUT2D eigenvalue weighted by molar-refractivity contribution is 0.102. The van der Waals surface area contributed by atoms with Gasteiger partial charge >= 0.3 is 0 Å². The van der Waals surface area contributed by atoms with E-state index < -0.39 is 15.9 Å². The highest BCUT2D eigenvalue weighted by atomic mass is 35.5. The summed E-state index contributed by atoms with van der Waals surface area (Å²) in [5.41, 5.74) is 1.42. The number of carbonyl (C=O) groups is 1. The van der Waals surface area contributed by atoms with Crippen LogP contribution in [0.4, 0.5) is 5.69 Å². The summed E-state index contributed by atoms with van der Waals surface area (Å²) in [6.07, 6.45) is 4.87. The topological polar surface area (TPSA) is 84.3 Å². The molecular formula is C20H19ClN4O3S. The Balaban J connectivity index is 1.57. The molecule has 0 radical (unpaired) electrons. The Kier molecular flexibility index (Phi) is 5.40. The minimum Gasteiger partial charge on any atom is -0.319 e. The average molecular weight is 431 g/mol. The zero-order chi connectivity index (χ0) is 20.4. The van der Waals surface area contributed by atoms with Gasteiger partial charge < -0.3 is 5.32 Å². The number of hydrogen-bond acceptors (Lipinski definition) is 4. The summed E-state index contributed by atoms with van der Waals surface area (Å²) in [4.78, 5) is 12.8. The van der Waals surface area contributed by atoms with Gasteiger partial charge in [0.15, 0.2) is 0 Å². The third-order valence-corrected chi connectivity index (χ3v) is 6.97. The molecule has 2 heterocycles. The highest BCUT2D eigenvalue weighted by Gasteiger charge is 2.28. The molecule has 3 aromatic rings. The first-order chi connectivity index (χ1) is 13.9. The van der Waals surface area contributed by atoms with Crippen LogP contribution >= 0.6 is 11.6 Å². The Morgan fingerprint density at radius 2 is 1.79 bits per heavy atom. The second-order valence-corrected chi connectivity index (χ2v) is 9.06. The molecule has 4 rings (SSSR count). The molecular weight excluding hydrogens is 412 g/mol. The molecule has 1 saturated heterocycles. The van der Waals surface area contributed by atoms with Gasteiger partial charge in [-0.3, -0.25) is 4.79 Å². The minimum absolute atomic E-state index is 0.0638. The zero-order valence-corrected chi connectivity index (χ0v) is 17.0. The van der Waals surface area contributed by atoms with E-state index in [9.17, 15) is 13.2 Å². The summed E-state index contributed by atoms with van der Waals surface area (Å²) >= 11 is 6.18. The number of nitrogens with zero attached hydrogens (tertiary/aromatic N) is 3. The number of halogens is 1. The first-order valence-electron chi connectivity index (χ1n) is 9.16. The molecule has 1 N–H and O–H groups in total. The highest BCUT2D eigenvalue weighted by Crippen LogP contribution is 2.26. The highest BCUT2D eigenvalue weighted by molar-refractivity contribution is 7.89. The van der Waals surface area contributed by atoms with Crippen LogP contribution in [0.2, 0.25) is 5.02 Å². The standard InChI is InChI=1S/C20H19ClN4O3S/c21-19-9-8-17(29(27,28)24-10-4-5-11-24)12-18(19)20(26)23-15-13-22-25(14-15)16-6-2-1-3-7-16/h1-3,6-9,12-14H,4-5,10-11H2,(H,23,26). The van der Waals surface area contributed by atoms with E-state index in [1.165, 1.54) is 28.7 Å². The van der Waals surface area contributed by atoms with E-state index in [1.807, 2.05) is 30.3 Å². The maximum Gasteiger partial charge on any atom is 0.257 e. The monoisotopic (exact) mass is 430 g/mol. The van der Waals surface area contributed by atoms with Crippen molar-refractivity contribution in [1.82, 2.24) is 14.1 Å². The molecule has 1 aliphatic rings. The van der Waals surface area contributed by atoms with E-state index in [-0.39, 0.29) is 15.5 Å². The van der Waals surface area contributed by atoms with Crippen LogP contribution in [0.3, 0.4) is 0 Å². The van der Waals surface area contributed by atoms with Crippen molar-refractivity contribution >= 4 is 33.2 Å². The molecule has 0 aliphatic carbocycles. The van der Waals surface area contributed by atoms with Crippen molar-refractivity contribution in [2.75, 3.05) is 18.4 Å². The fourth-order valence-electron chi connectivity index (χ4n) is 3.22. The van der Waals surface area contributed by atoms with Gasteiger partial charge in [0.1, 0.15) is 0 Å². The van der Waals surface area contributed by atoms with Gasteiger partial charge in [-0.15, -0.1) is 0 Å². The van der Waals surface area contributed by atoms with Crippen LogP contribution in [-0.4, -0.2) is 41.5 Å². The molecule has 0 spiro atoms. The number of aromatic nitrogens is 2. The van der Waals surface area contributed by atoms with Crippen molar-refractivity contribution in [2.45, 2.75) is 17.7 Å². The maximum absolute atomic E-state index is 12.8.